The molecule has 2 amide bonds. The molecule has 1 radical (unpaired) electrons. The number of thiazole rings is 1. The molecule has 1 aromatic carbocycles. The van der Waals surface area contributed by atoms with Crippen molar-refractivity contribution in [2.75, 3.05) is 30.5 Å². The van der Waals surface area contributed by atoms with Crippen LogP contribution in [0.5, 0.6) is 0 Å². The first kappa shape index (κ1) is 20.2. The number of ether oxygens (including phenoxy) is 1. The quantitative estimate of drug-likeness (QED) is 0.720. The number of nitrogens with one attached hydrogen (secondary N) is 1. The van der Waals surface area contributed by atoms with Crippen LogP contribution in [-0.4, -0.2) is 43.1 Å². The molecule has 1 fully saturated rings. The zero-order chi connectivity index (χ0) is 20.3. The zero-order valence-corrected chi connectivity index (χ0v) is 16.5. The zero-order valence-electron chi connectivity index (χ0n) is 15.7. The molecule has 149 valence electrons. The molecule has 0 unspecified atom stereocenters. The third-order valence-corrected chi connectivity index (χ3v) is 5.78. The largest absolute Gasteiger partial charge is 0.381 e. The molecule has 0 spiro atoms. The molecule has 1 aliphatic heterocycles. The van der Waals surface area contributed by atoms with E-state index in [1.807, 2.05) is 7.05 Å². The molecular weight excluding hydrogens is 383 g/mol. The van der Waals surface area contributed by atoms with Gasteiger partial charge in [0.05, 0.1) is 0 Å². The second-order valence-electron chi connectivity index (χ2n) is 6.58. The SMILES string of the molecule is C[C](C(N)=O)C(=O)Nc1nc(-c2ccc(F)cc2)c(N(C)C2CCOCC2)s1. The summed E-state index contributed by atoms with van der Waals surface area (Å²) in [6.45, 7) is 2.74. The first-order valence-corrected chi connectivity index (χ1v) is 9.70. The summed E-state index contributed by atoms with van der Waals surface area (Å²) in [6, 6.07) is 6.32. The molecular formula is C19H22FN4O3S. The van der Waals surface area contributed by atoms with E-state index in [0.717, 1.165) is 23.4 Å². The highest BCUT2D eigenvalue weighted by Crippen LogP contribution is 2.40. The lowest BCUT2D eigenvalue weighted by atomic mass is 10.1. The Labute approximate surface area is 166 Å². The van der Waals surface area contributed by atoms with Crippen LogP contribution < -0.4 is 16.0 Å². The van der Waals surface area contributed by atoms with E-state index in [0.29, 0.717) is 24.0 Å². The lowest BCUT2D eigenvalue weighted by Gasteiger charge is -2.32. The van der Waals surface area contributed by atoms with Crippen LogP contribution >= 0.6 is 11.3 Å². The summed E-state index contributed by atoms with van der Waals surface area (Å²) in [5, 5.41) is 3.83. The Bertz CT molecular complexity index is 849. The van der Waals surface area contributed by atoms with E-state index in [1.165, 1.54) is 30.4 Å². The summed E-state index contributed by atoms with van der Waals surface area (Å²) in [6.07, 6.45) is 1.76. The summed E-state index contributed by atoms with van der Waals surface area (Å²) < 4.78 is 18.8. The highest BCUT2D eigenvalue weighted by atomic mass is 32.1. The fraction of sp³-hybridized carbons (Fsp3) is 0.368. The van der Waals surface area contributed by atoms with E-state index in [1.54, 1.807) is 12.1 Å². The van der Waals surface area contributed by atoms with E-state index in [9.17, 15) is 14.0 Å². The standard InChI is InChI=1S/C19H22FN4O3S/c1-11(16(21)25)17(26)23-19-22-15(12-3-5-13(20)6-4-12)18(28-19)24(2)14-7-9-27-10-8-14/h3-6,14H,7-10H2,1-2H3,(H2,21,25)(H,22,23,26). The smallest absolute Gasteiger partial charge is 0.243 e. The lowest BCUT2D eigenvalue weighted by molar-refractivity contribution is -0.122. The van der Waals surface area contributed by atoms with Gasteiger partial charge in [-0.25, -0.2) is 9.37 Å². The van der Waals surface area contributed by atoms with Gasteiger partial charge in [-0.2, -0.15) is 0 Å². The van der Waals surface area contributed by atoms with Crippen LogP contribution in [0.4, 0.5) is 14.5 Å². The minimum atomic E-state index is -0.785. The molecule has 2 aromatic rings. The van der Waals surface area contributed by atoms with Crippen LogP contribution in [0.3, 0.4) is 0 Å². The normalized spacial score (nSPS) is 14.9. The van der Waals surface area contributed by atoms with Gasteiger partial charge in [-0.15, -0.1) is 0 Å². The van der Waals surface area contributed by atoms with Crippen molar-refractivity contribution in [3.05, 3.63) is 36.0 Å². The van der Waals surface area contributed by atoms with Crippen molar-refractivity contribution in [1.82, 2.24) is 4.98 Å². The van der Waals surface area contributed by atoms with E-state index < -0.39 is 11.8 Å². The Hall–Kier alpha value is -2.52. The second-order valence-corrected chi connectivity index (χ2v) is 7.56. The van der Waals surface area contributed by atoms with Crippen molar-refractivity contribution in [2.24, 2.45) is 5.73 Å². The van der Waals surface area contributed by atoms with Crippen LogP contribution in [0.1, 0.15) is 19.8 Å². The molecule has 1 aromatic heterocycles. The third kappa shape index (κ3) is 4.48. The van der Waals surface area contributed by atoms with Gasteiger partial charge in [0.2, 0.25) is 11.8 Å². The molecule has 1 saturated heterocycles. The fourth-order valence-electron chi connectivity index (χ4n) is 2.94. The van der Waals surface area contributed by atoms with Gasteiger partial charge in [0, 0.05) is 31.9 Å². The second kappa shape index (κ2) is 8.66. The van der Waals surface area contributed by atoms with Gasteiger partial charge in [0.15, 0.2) is 5.13 Å². The van der Waals surface area contributed by atoms with E-state index >= 15 is 0 Å². The fourth-order valence-corrected chi connectivity index (χ4v) is 3.96. The van der Waals surface area contributed by atoms with Gasteiger partial charge in [-0.05, 0) is 44.0 Å². The number of carbonyl (C=O) groups excluding carboxylic acids is 2. The number of nitrogens with zero attached hydrogens (tertiary/aromatic N) is 2. The van der Waals surface area contributed by atoms with Crippen LogP contribution in [-0.2, 0) is 14.3 Å². The molecule has 0 aliphatic carbocycles. The highest BCUT2D eigenvalue weighted by molar-refractivity contribution is 7.20. The number of aromatic nitrogens is 1. The van der Waals surface area contributed by atoms with Gasteiger partial charge >= 0.3 is 0 Å². The summed E-state index contributed by atoms with van der Waals surface area (Å²) in [5.74, 6) is -1.81. The Morgan fingerprint density at radius 2 is 1.93 bits per heavy atom. The number of nitrogens with two attached hydrogens (primary N) is 1. The number of amides is 2. The van der Waals surface area contributed by atoms with E-state index in [-0.39, 0.29) is 17.8 Å². The predicted octanol–water partition coefficient (Wildman–Crippen LogP) is 2.58. The Kier molecular flexibility index (Phi) is 6.25. The van der Waals surface area contributed by atoms with Gasteiger partial charge in [0.1, 0.15) is 22.4 Å². The molecule has 28 heavy (non-hydrogen) atoms. The first-order chi connectivity index (χ1) is 13.4. The molecule has 1 aliphatic rings. The Balaban J connectivity index is 1.93. The number of carbonyl (C=O) groups is 2. The van der Waals surface area contributed by atoms with Crippen molar-refractivity contribution < 1.29 is 18.7 Å². The summed E-state index contributed by atoms with van der Waals surface area (Å²) in [4.78, 5) is 30.0. The molecule has 0 bridgehead atoms. The van der Waals surface area contributed by atoms with Crippen LogP contribution in [0.25, 0.3) is 11.3 Å². The average molecular weight is 405 g/mol. The van der Waals surface area contributed by atoms with Crippen molar-refractivity contribution >= 4 is 33.3 Å². The summed E-state index contributed by atoms with van der Waals surface area (Å²) >= 11 is 1.30. The van der Waals surface area contributed by atoms with Crippen molar-refractivity contribution in [1.29, 1.82) is 0 Å². The van der Waals surface area contributed by atoms with E-state index in [2.05, 4.69) is 15.2 Å². The van der Waals surface area contributed by atoms with Crippen LogP contribution in [0.15, 0.2) is 24.3 Å². The number of benzene rings is 1. The van der Waals surface area contributed by atoms with Crippen LogP contribution in [0.2, 0.25) is 0 Å². The van der Waals surface area contributed by atoms with Gasteiger partial charge in [-0.1, -0.05) is 11.3 Å². The Morgan fingerprint density at radius 3 is 2.54 bits per heavy atom. The number of anilines is 2. The summed E-state index contributed by atoms with van der Waals surface area (Å²) in [5.41, 5.74) is 6.55. The molecule has 2 heterocycles. The topological polar surface area (TPSA) is 97.5 Å². The minimum absolute atomic E-state index is 0.0992. The van der Waals surface area contributed by atoms with Crippen molar-refractivity contribution in [3.8, 4) is 11.3 Å². The maximum absolute atomic E-state index is 13.3. The molecule has 0 atom stereocenters. The van der Waals surface area contributed by atoms with Crippen molar-refractivity contribution in [2.45, 2.75) is 25.8 Å². The maximum Gasteiger partial charge on any atom is 0.243 e. The third-order valence-electron chi connectivity index (χ3n) is 4.72. The number of rotatable bonds is 6. The number of primary amides is 1. The highest BCUT2D eigenvalue weighted by Gasteiger charge is 2.26. The van der Waals surface area contributed by atoms with Gasteiger partial charge < -0.3 is 20.7 Å². The molecule has 7 nitrogen and oxygen atoms in total. The molecule has 3 rings (SSSR count). The minimum Gasteiger partial charge on any atom is -0.381 e. The maximum atomic E-state index is 13.3. The molecule has 9 heteroatoms. The lowest BCUT2D eigenvalue weighted by Crippen LogP contribution is -2.36. The molecule has 3 N–H and O–H groups in total. The van der Waals surface area contributed by atoms with Gasteiger partial charge in [-0.3, -0.25) is 9.59 Å². The van der Waals surface area contributed by atoms with Crippen LogP contribution in [0, 0.1) is 11.7 Å². The molecule has 0 saturated carbocycles. The number of halogens is 1. The monoisotopic (exact) mass is 405 g/mol. The number of hydrogen-bond donors (Lipinski definition) is 2. The van der Waals surface area contributed by atoms with Crippen molar-refractivity contribution in [3.63, 3.8) is 0 Å². The number of hydrogen-bond acceptors (Lipinski definition) is 6. The predicted molar refractivity (Wildman–Crippen MR) is 106 cm³/mol. The Morgan fingerprint density at radius 1 is 1.29 bits per heavy atom. The van der Waals surface area contributed by atoms with Gasteiger partial charge in [0.25, 0.3) is 0 Å². The average Bonchev–Trinajstić information content (AvgIpc) is 3.11. The summed E-state index contributed by atoms with van der Waals surface area (Å²) in [7, 11) is 1.98. The first-order valence-electron chi connectivity index (χ1n) is 8.89. The van der Waals surface area contributed by atoms with E-state index in [4.69, 9.17) is 10.5 Å².